The van der Waals surface area contributed by atoms with Crippen molar-refractivity contribution in [1.29, 1.82) is 0 Å². The normalized spacial score (nSPS) is 13.2. The van der Waals surface area contributed by atoms with Crippen molar-refractivity contribution in [1.82, 2.24) is 0 Å². The quantitative estimate of drug-likeness (QED) is 0.717. The maximum absolute atomic E-state index is 10.2. The van der Waals surface area contributed by atoms with Crippen molar-refractivity contribution in [3.63, 3.8) is 0 Å². The molecule has 65 valence electrons. The van der Waals surface area contributed by atoms with E-state index in [1.165, 1.54) is 0 Å². The van der Waals surface area contributed by atoms with E-state index in [2.05, 4.69) is 10.2 Å². The minimum Gasteiger partial charge on any atom is -0.264 e. The lowest BCUT2D eigenvalue weighted by molar-refractivity contribution is 0.245. The van der Waals surface area contributed by atoms with Gasteiger partial charge >= 0.3 is 0 Å². The second-order valence-corrected chi connectivity index (χ2v) is 2.96. The highest BCUT2D eigenvalue weighted by molar-refractivity contribution is 7.67. The van der Waals surface area contributed by atoms with Gasteiger partial charge in [-0.05, 0) is 18.6 Å². The molecule has 0 amide bonds. The molecular formula is C8H9O3S. The summed E-state index contributed by atoms with van der Waals surface area (Å²) in [5.41, 5.74) is 0.827. The average Bonchev–Trinajstić information content (AvgIpc) is 2.05. The molecule has 0 saturated carbocycles. The van der Waals surface area contributed by atoms with Crippen LogP contribution in [0.1, 0.15) is 18.6 Å². The minimum absolute atomic E-state index is 0.416. The van der Waals surface area contributed by atoms with E-state index in [1.807, 2.05) is 0 Å². The van der Waals surface area contributed by atoms with Crippen LogP contribution in [0.2, 0.25) is 0 Å². The topological polar surface area (TPSA) is 43.4 Å². The van der Waals surface area contributed by atoms with E-state index < -0.39 is 17.1 Å². The fourth-order valence-corrected chi connectivity index (χ4v) is 1.24. The molecule has 4 heteroatoms. The maximum atomic E-state index is 10.2. The Morgan fingerprint density at radius 2 is 2.00 bits per heavy atom. The first-order valence-electron chi connectivity index (χ1n) is 3.47. The largest absolute Gasteiger partial charge is 0.264 e. The standard InChI is InChI=1S/C8H9O3S/c1-7(11-12(9)10)8-5-3-2-4-6-8/h3-7,12H,1H3. The summed E-state index contributed by atoms with van der Waals surface area (Å²) in [5, 5.41) is 0. The van der Waals surface area contributed by atoms with E-state index >= 15 is 0 Å². The number of benzene rings is 1. The summed E-state index contributed by atoms with van der Waals surface area (Å²) in [6, 6.07) is 9.80. The fourth-order valence-electron chi connectivity index (χ4n) is 0.861. The molecule has 0 fully saturated rings. The average molecular weight is 185 g/mol. The molecule has 0 aliphatic rings. The highest BCUT2D eigenvalue weighted by atomic mass is 32.2. The van der Waals surface area contributed by atoms with Crippen LogP contribution in [-0.2, 0) is 15.2 Å². The summed E-state index contributed by atoms with van der Waals surface area (Å²) in [4.78, 5) is 0. The van der Waals surface area contributed by atoms with Gasteiger partial charge in [0.15, 0.2) is 0 Å². The van der Waals surface area contributed by atoms with Gasteiger partial charge in [0.05, 0.1) is 6.10 Å². The van der Waals surface area contributed by atoms with Crippen LogP contribution in [0.25, 0.3) is 0 Å². The molecule has 1 unspecified atom stereocenters. The van der Waals surface area contributed by atoms with Gasteiger partial charge in [-0.1, -0.05) is 24.3 Å². The molecule has 0 saturated heterocycles. The minimum atomic E-state index is -2.77. The van der Waals surface area contributed by atoms with Gasteiger partial charge in [0, 0.05) is 0 Å². The molecule has 1 aromatic rings. The first-order valence-corrected chi connectivity index (χ1v) is 4.57. The zero-order valence-corrected chi connectivity index (χ0v) is 7.45. The van der Waals surface area contributed by atoms with Gasteiger partial charge in [0.25, 0.3) is 11.0 Å². The van der Waals surface area contributed by atoms with Crippen LogP contribution in [-0.4, -0.2) is 8.42 Å². The highest BCUT2D eigenvalue weighted by Crippen LogP contribution is 2.15. The lowest BCUT2D eigenvalue weighted by Gasteiger charge is -2.06. The Morgan fingerprint density at radius 3 is 2.50 bits per heavy atom. The van der Waals surface area contributed by atoms with Gasteiger partial charge in [-0.2, -0.15) is 0 Å². The third-order valence-corrected chi connectivity index (χ3v) is 1.95. The molecule has 0 aliphatic heterocycles. The molecule has 1 rings (SSSR count). The molecule has 0 spiro atoms. The molecule has 0 heterocycles. The summed E-state index contributed by atoms with van der Waals surface area (Å²) in [6.07, 6.45) is -0.416. The lowest BCUT2D eigenvalue weighted by Crippen LogP contribution is -1.97. The van der Waals surface area contributed by atoms with Crippen LogP contribution in [0.4, 0.5) is 0 Å². The van der Waals surface area contributed by atoms with Gasteiger partial charge in [-0.15, -0.1) is 0 Å². The van der Waals surface area contributed by atoms with Crippen molar-refractivity contribution in [2.75, 3.05) is 0 Å². The number of rotatable bonds is 3. The summed E-state index contributed by atoms with van der Waals surface area (Å²) < 4.78 is 25.0. The Balaban J connectivity index is 2.71. The number of hydrogen-bond donors (Lipinski definition) is 1. The van der Waals surface area contributed by atoms with Crippen LogP contribution in [0.15, 0.2) is 24.3 Å². The zero-order valence-electron chi connectivity index (χ0n) is 6.56. The van der Waals surface area contributed by atoms with Crippen molar-refractivity contribution in [3.8, 4) is 0 Å². The Hall–Kier alpha value is -0.870. The molecule has 0 aliphatic carbocycles. The second kappa shape index (κ2) is 4.23. The fraction of sp³-hybridized carbons (Fsp3) is 0.250. The molecule has 12 heavy (non-hydrogen) atoms. The van der Waals surface area contributed by atoms with E-state index in [4.69, 9.17) is 0 Å². The molecule has 0 bridgehead atoms. The van der Waals surface area contributed by atoms with Crippen molar-refractivity contribution < 1.29 is 12.6 Å². The predicted molar refractivity (Wildman–Crippen MR) is 45.1 cm³/mol. The maximum Gasteiger partial charge on any atom is 0.257 e. The Kier molecular flexibility index (Phi) is 3.25. The summed E-state index contributed by atoms with van der Waals surface area (Å²) >= 11 is 0. The third-order valence-electron chi connectivity index (χ3n) is 1.46. The van der Waals surface area contributed by atoms with Crippen LogP contribution in [0, 0.1) is 6.07 Å². The highest BCUT2D eigenvalue weighted by Gasteiger charge is 2.04. The summed E-state index contributed by atoms with van der Waals surface area (Å²) in [5.74, 6) is 0. The Bertz CT molecular complexity index is 297. The predicted octanol–water partition coefficient (Wildman–Crippen LogP) is 1.09. The summed E-state index contributed by atoms with van der Waals surface area (Å²) in [7, 11) is -2.77. The molecule has 0 N–H and O–H groups in total. The van der Waals surface area contributed by atoms with Gasteiger partial charge in [0.1, 0.15) is 0 Å². The van der Waals surface area contributed by atoms with Crippen LogP contribution < -0.4 is 0 Å². The monoisotopic (exact) mass is 185 g/mol. The SMILES string of the molecule is CC(O[SH](=O)=O)c1cc[c]cc1. The van der Waals surface area contributed by atoms with Crippen molar-refractivity contribution >= 4 is 11.0 Å². The number of thiol groups is 1. The van der Waals surface area contributed by atoms with E-state index in [-0.39, 0.29) is 0 Å². The molecule has 1 aromatic carbocycles. The van der Waals surface area contributed by atoms with E-state index in [0.29, 0.717) is 0 Å². The molecular weight excluding hydrogens is 176 g/mol. The first kappa shape index (κ1) is 9.22. The van der Waals surface area contributed by atoms with Gasteiger partial charge < -0.3 is 0 Å². The van der Waals surface area contributed by atoms with Crippen molar-refractivity contribution in [3.05, 3.63) is 35.9 Å². The van der Waals surface area contributed by atoms with E-state index in [0.717, 1.165) is 5.56 Å². The van der Waals surface area contributed by atoms with Crippen LogP contribution in [0.5, 0.6) is 0 Å². The first-order chi connectivity index (χ1) is 5.70. The van der Waals surface area contributed by atoms with Crippen LogP contribution >= 0.6 is 0 Å². The van der Waals surface area contributed by atoms with Gasteiger partial charge in [-0.25, -0.2) is 8.42 Å². The molecule has 0 aromatic heterocycles. The van der Waals surface area contributed by atoms with E-state index in [9.17, 15) is 8.42 Å². The zero-order chi connectivity index (χ0) is 8.97. The second-order valence-electron chi connectivity index (χ2n) is 2.30. The van der Waals surface area contributed by atoms with E-state index in [1.54, 1.807) is 31.2 Å². The summed E-state index contributed by atoms with van der Waals surface area (Å²) in [6.45, 7) is 1.68. The Labute approximate surface area is 73.1 Å². The Morgan fingerprint density at radius 1 is 1.42 bits per heavy atom. The van der Waals surface area contributed by atoms with Crippen molar-refractivity contribution in [2.24, 2.45) is 0 Å². The van der Waals surface area contributed by atoms with Crippen LogP contribution in [0.3, 0.4) is 0 Å². The third kappa shape index (κ3) is 2.64. The van der Waals surface area contributed by atoms with Crippen molar-refractivity contribution in [2.45, 2.75) is 13.0 Å². The smallest absolute Gasteiger partial charge is 0.257 e. The van der Waals surface area contributed by atoms with Gasteiger partial charge in [-0.3, -0.25) is 4.18 Å². The molecule has 1 atom stereocenters. The molecule has 1 radical (unpaired) electrons. The lowest BCUT2D eigenvalue weighted by atomic mass is 10.1. The van der Waals surface area contributed by atoms with Gasteiger partial charge in [0.2, 0.25) is 0 Å². The number of hydrogen-bond acceptors (Lipinski definition) is 3. The molecule has 3 nitrogen and oxygen atoms in total.